The molecule has 17 heavy (non-hydrogen) atoms. The number of nitrogens with zero attached hydrogens (tertiary/aromatic N) is 1. The Labute approximate surface area is 107 Å². The fourth-order valence-electron chi connectivity index (χ4n) is 2.86. The van der Waals surface area contributed by atoms with Crippen LogP contribution in [0.15, 0.2) is 0 Å². The average Bonchev–Trinajstić information content (AvgIpc) is 2.36. The average molecular weight is 242 g/mol. The highest BCUT2D eigenvalue weighted by molar-refractivity contribution is 4.82. The van der Waals surface area contributed by atoms with Crippen molar-refractivity contribution in [2.45, 2.75) is 58.5 Å². The first-order chi connectivity index (χ1) is 8.31. The Morgan fingerprint density at radius 1 is 1.12 bits per heavy atom. The third-order valence-electron chi connectivity index (χ3n) is 3.84. The molecule has 1 aliphatic carbocycles. The largest absolute Gasteiger partial charge is 0.380 e. The monoisotopic (exact) mass is 242 g/mol. The summed E-state index contributed by atoms with van der Waals surface area (Å²) in [7, 11) is 0. The lowest BCUT2D eigenvalue weighted by molar-refractivity contribution is 0.0820. The molecule has 0 atom stereocenters. The van der Waals surface area contributed by atoms with Crippen molar-refractivity contribution < 1.29 is 4.74 Å². The molecule has 0 aliphatic heterocycles. The molecule has 1 fully saturated rings. The van der Waals surface area contributed by atoms with Gasteiger partial charge in [-0.25, -0.2) is 0 Å². The second-order valence-electron chi connectivity index (χ2n) is 4.89. The van der Waals surface area contributed by atoms with Crippen LogP contribution in [-0.2, 0) is 4.74 Å². The zero-order chi connectivity index (χ0) is 12.5. The van der Waals surface area contributed by atoms with Crippen molar-refractivity contribution >= 4 is 0 Å². The van der Waals surface area contributed by atoms with Crippen LogP contribution in [0.25, 0.3) is 0 Å². The van der Waals surface area contributed by atoms with Crippen LogP contribution in [0.4, 0.5) is 0 Å². The molecule has 0 radical (unpaired) electrons. The van der Waals surface area contributed by atoms with Crippen molar-refractivity contribution in [1.82, 2.24) is 10.2 Å². The SMILES string of the molecule is CCNC1CCC(N(CC)CCOCC)CC1. The Bertz CT molecular complexity index is 179. The summed E-state index contributed by atoms with van der Waals surface area (Å²) >= 11 is 0. The Morgan fingerprint density at radius 2 is 1.82 bits per heavy atom. The van der Waals surface area contributed by atoms with Crippen molar-refractivity contribution in [1.29, 1.82) is 0 Å². The fourth-order valence-corrected chi connectivity index (χ4v) is 2.86. The molecule has 0 aromatic heterocycles. The molecule has 1 N–H and O–H groups in total. The molecule has 0 spiro atoms. The van der Waals surface area contributed by atoms with Gasteiger partial charge >= 0.3 is 0 Å². The van der Waals surface area contributed by atoms with Crippen molar-refractivity contribution in [3.05, 3.63) is 0 Å². The molecule has 3 nitrogen and oxygen atoms in total. The second kappa shape index (κ2) is 8.90. The maximum atomic E-state index is 5.46. The number of likely N-dealkylation sites (N-methyl/N-ethyl adjacent to an activating group) is 1. The number of hydrogen-bond acceptors (Lipinski definition) is 3. The number of nitrogens with one attached hydrogen (secondary N) is 1. The number of rotatable bonds is 8. The zero-order valence-corrected chi connectivity index (χ0v) is 11.9. The van der Waals surface area contributed by atoms with Gasteiger partial charge in [-0.05, 0) is 45.7 Å². The molecular weight excluding hydrogens is 212 g/mol. The van der Waals surface area contributed by atoms with Crippen LogP contribution in [0, 0.1) is 0 Å². The second-order valence-corrected chi connectivity index (χ2v) is 4.89. The molecule has 1 aliphatic rings. The molecule has 1 rings (SSSR count). The van der Waals surface area contributed by atoms with Gasteiger partial charge in [-0.3, -0.25) is 4.90 Å². The van der Waals surface area contributed by atoms with Crippen LogP contribution in [0.2, 0.25) is 0 Å². The predicted molar refractivity (Wildman–Crippen MR) is 73.5 cm³/mol. The van der Waals surface area contributed by atoms with Crippen molar-refractivity contribution in [3.63, 3.8) is 0 Å². The first-order valence-electron chi connectivity index (χ1n) is 7.36. The van der Waals surface area contributed by atoms with E-state index in [1.165, 1.54) is 25.7 Å². The van der Waals surface area contributed by atoms with Crippen LogP contribution in [0.5, 0.6) is 0 Å². The third kappa shape index (κ3) is 5.36. The quantitative estimate of drug-likeness (QED) is 0.661. The molecule has 0 amide bonds. The minimum absolute atomic E-state index is 0.766. The van der Waals surface area contributed by atoms with E-state index in [-0.39, 0.29) is 0 Å². The van der Waals surface area contributed by atoms with E-state index in [0.717, 1.165) is 44.9 Å². The van der Waals surface area contributed by atoms with E-state index in [4.69, 9.17) is 4.74 Å². The summed E-state index contributed by atoms with van der Waals surface area (Å²) in [4.78, 5) is 2.60. The topological polar surface area (TPSA) is 24.5 Å². The van der Waals surface area contributed by atoms with E-state index in [1.807, 2.05) is 0 Å². The van der Waals surface area contributed by atoms with Gasteiger partial charge in [0.25, 0.3) is 0 Å². The van der Waals surface area contributed by atoms with Gasteiger partial charge in [0.15, 0.2) is 0 Å². The van der Waals surface area contributed by atoms with E-state index in [2.05, 4.69) is 31.0 Å². The summed E-state index contributed by atoms with van der Waals surface area (Å²) in [5.74, 6) is 0. The summed E-state index contributed by atoms with van der Waals surface area (Å²) in [6.45, 7) is 11.6. The lowest BCUT2D eigenvalue weighted by atomic mass is 9.90. The van der Waals surface area contributed by atoms with Crippen molar-refractivity contribution in [3.8, 4) is 0 Å². The van der Waals surface area contributed by atoms with Gasteiger partial charge in [0.2, 0.25) is 0 Å². The Hall–Kier alpha value is -0.120. The molecule has 0 heterocycles. The normalized spacial score (nSPS) is 25.4. The van der Waals surface area contributed by atoms with Crippen molar-refractivity contribution in [2.24, 2.45) is 0 Å². The minimum atomic E-state index is 0.766. The molecule has 0 aromatic rings. The van der Waals surface area contributed by atoms with E-state index in [1.54, 1.807) is 0 Å². The molecule has 0 bridgehead atoms. The maximum absolute atomic E-state index is 5.46. The van der Waals surface area contributed by atoms with Crippen LogP contribution < -0.4 is 5.32 Å². The zero-order valence-electron chi connectivity index (χ0n) is 11.9. The summed E-state index contributed by atoms with van der Waals surface area (Å²) in [5, 5.41) is 3.57. The van der Waals surface area contributed by atoms with E-state index >= 15 is 0 Å². The molecule has 0 aromatic carbocycles. The lowest BCUT2D eigenvalue weighted by Crippen LogP contribution is -2.43. The molecule has 0 saturated heterocycles. The summed E-state index contributed by atoms with van der Waals surface area (Å²) in [6, 6.07) is 1.55. The van der Waals surface area contributed by atoms with Gasteiger partial charge < -0.3 is 10.1 Å². The van der Waals surface area contributed by atoms with Crippen LogP contribution in [-0.4, -0.2) is 49.8 Å². The van der Waals surface area contributed by atoms with Gasteiger partial charge in [0.05, 0.1) is 6.61 Å². The van der Waals surface area contributed by atoms with Crippen LogP contribution in [0.1, 0.15) is 46.5 Å². The van der Waals surface area contributed by atoms with Gasteiger partial charge in [-0.15, -0.1) is 0 Å². The number of hydrogen-bond donors (Lipinski definition) is 1. The maximum Gasteiger partial charge on any atom is 0.0593 e. The van der Waals surface area contributed by atoms with Crippen LogP contribution in [0.3, 0.4) is 0 Å². The lowest BCUT2D eigenvalue weighted by Gasteiger charge is -2.36. The highest BCUT2D eigenvalue weighted by atomic mass is 16.5. The predicted octanol–water partition coefficient (Wildman–Crippen LogP) is 2.27. The molecule has 0 unspecified atom stereocenters. The minimum Gasteiger partial charge on any atom is -0.380 e. The molecule has 3 heteroatoms. The highest BCUT2D eigenvalue weighted by Gasteiger charge is 2.24. The third-order valence-corrected chi connectivity index (χ3v) is 3.84. The van der Waals surface area contributed by atoms with Gasteiger partial charge in [0, 0.05) is 25.2 Å². The van der Waals surface area contributed by atoms with Crippen LogP contribution >= 0.6 is 0 Å². The molecular formula is C14H30N2O. The van der Waals surface area contributed by atoms with Gasteiger partial charge in [-0.1, -0.05) is 13.8 Å². The van der Waals surface area contributed by atoms with E-state index in [9.17, 15) is 0 Å². The molecule has 102 valence electrons. The Morgan fingerprint density at radius 3 is 2.35 bits per heavy atom. The fraction of sp³-hybridized carbons (Fsp3) is 1.00. The van der Waals surface area contributed by atoms with Gasteiger partial charge in [-0.2, -0.15) is 0 Å². The summed E-state index contributed by atoms with van der Waals surface area (Å²) in [6.07, 6.45) is 5.36. The summed E-state index contributed by atoms with van der Waals surface area (Å²) < 4.78 is 5.46. The molecule has 1 saturated carbocycles. The number of ether oxygens (including phenoxy) is 1. The first-order valence-corrected chi connectivity index (χ1v) is 7.36. The van der Waals surface area contributed by atoms with Gasteiger partial charge in [0.1, 0.15) is 0 Å². The highest BCUT2D eigenvalue weighted by Crippen LogP contribution is 2.22. The smallest absolute Gasteiger partial charge is 0.0593 e. The Balaban J connectivity index is 2.24. The Kier molecular flexibility index (Phi) is 7.82. The van der Waals surface area contributed by atoms with Crippen molar-refractivity contribution in [2.75, 3.05) is 32.8 Å². The van der Waals surface area contributed by atoms with E-state index < -0.39 is 0 Å². The summed E-state index contributed by atoms with van der Waals surface area (Å²) in [5.41, 5.74) is 0. The van der Waals surface area contributed by atoms with E-state index in [0.29, 0.717) is 0 Å². The standard InChI is InChI=1S/C14H30N2O/c1-4-15-13-7-9-14(10-8-13)16(5-2)11-12-17-6-3/h13-15H,4-12H2,1-3H3. The first kappa shape index (κ1) is 14.9.